The highest BCUT2D eigenvalue weighted by atomic mass is 35.5. The third-order valence-electron chi connectivity index (χ3n) is 4.14. The van der Waals surface area contributed by atoms with Crippen LogP contribution in [-0.4, -0.2) is 41.0 Å². The van der Waals surface area contributed by atoms with Gasteiger partial charge < -0.3 is 21.3 Å². The Kier molecular flexibility index (Phi) is 5.72. The molecule has 6 nitrogen and oxygen atoms in total. The van der Waals surface area contributed by atoms with Gasteiger partial charge in [0.2, 0.25) is 0 Å². The van der Waals surface area contributed by atoms with Crippen LogP contribution in [0.25, 0.3) is 0 Å². The van der Waals surface area contributed by atoms with E-state index in [4.69, 9.17) is 17.3 Å². The summed E-state index contributed by atoms with van der Waals surface area (Å²) in [5, 5.41) is 7.16. The van der Waals surface area contributed by atoms with Gasteiger partial charge in [0.25, 0.3) is 0 Å². The second-order valence-electron chi connectivity index (χ2n) is 5.95. The summed E-state index contributed by atoms with van der Waals surface area (Å²) >= 11 is 6.00. The molecule has 1 aliphatic heterocycles. The quantitative estimate of drug-likeness (QED) is 0.744. The number of nitrogens with one attached hydrogen (secondary N) is 2. The maximum absolute atomic E-state index is 6.19. The van der Waals surface area contributed by atoms with Crippen molar-refractivity contribution in [2.24, 2.45) is 0 Å². The van der Waals surface area contributed by atoms with E-state index in [1.807, 2.05) is 24.3 Å². The topological polar surface area (TPSA) is 79.1 Å². The molecule has 1 saturated heterocycles. The Labute approximate surface area is 147 Å². The first-order valence-electron chi connectivity index (χ1n) is 8.31. The molecule has 24 heavy (non-hydrogen) atoms. The Morgan fingerprint density at radius 3 is 2.71 bits per heavy atom. The fraction of sp³-hybridized carbons (Fsp3) is 0.412. The number of hydrogen-bond donors (Lipinski definition) is 3. The second kappa shape index (κ2) is 8.17. The molecule has 0 atom stereocenters. The van der Waals surface area contributed by atoms with Crippen LogP contribution in [0.5, 0.6) is 0 Å². The number of halogens is 1. The van der Waals surface area contributed by atoms with Crippen LogP contribution >= 0.6 is 11.6 Å². The lowest BCUT2D eigenvalue weighted by atomic mass is 10.1. The number of benzene rings is 1. The lowest BCUT2D eigenvalue weighted by Crippen LogP contribution is -2.33. The molecule has 1 aromatic heterocycles. The summed E-state index contributed by atoms with van der Waals surface area (Å²) in [7, 11) is 0. The van der Waals surface area contributed by atoms with Gasteiger partial charge >= 0.3 is 0 Å². The van der Waals surface area contributed by atoms with Gasteiger partial charge in [0.05, 0.1) is 0 Å². The van der Waals surface area contributed by atoms with E-state index in [1.54, 1.807) is 0 Å². The van der Waals surface area contributed by atoms with Gasteiger partial charge in [0.1, 0.15) is 12.0 Å². The fourth-order valence-corrected chi connectivity index (χ4v) is 3.04. The molecule has 1 aromatic carbocycles. The molecule has 1 fully saturated rings. The third-order valence-corrected chi connectivity index (χ3v) is 4.38. The standard InChI is InChI=1S/C17H23ClN6/c18-13-5-4-6-14(11-13)23-17-15(19)16(21-12-22-17)20-7-10-24-8-2-1-3-9-24/h4-6,11-12H,1-3,7-10,19H2,(H2,20,21,22,23). The van der Waals surface area contributed by atoms with E-state index >= 15 is 0 Å². The van der Waals surface area contributed by atoms with E-state index in [9.17, 15) is 0 Å². The summed E-state index contributed by atoms with van der Waals surface area (Å²) in [5.74, 6) is 1.24. The highest BCUT2D eigenvalue weighted by molar-refractivity contribution is 6.30. The zero-order valence-electron chi connectivity index (χ0n) is 13.6. The number of aromatic nitrogens is 2. The molecular weight excluding hydrogens is 324 g/mol. The van der Waals surface area contributed by atoms with Crippen LogP contribution in [0.3, 0.4) is 0 Å². The minimum Gasteiger partial charge on any atom is -0.393 e. The third kappa shape index (κ3) is 4.49. The molecule has 0 radical (unpaired) electrons. The molecule has 0 bridgehead atoms. The van der Waals surface area contributed by atoms with Crippen molar-refractivity contribution in [3.63, 3.8) is 0 Å². The lowest BCUT2D eigenvalue weighted by molar-refractivity contribution is 0.237. The first-order valence-corrected chi connectivity index (χ1v) is 8.69. The van der Waals surface area contributed by atoms with Crippen molar-refractivity contribution in [3.05, 3.63) is 35.6 Å². The highest BCUT2D eigenvalue weighted by Gasteiger charge is 2.11. The highest BCUT2D eigenvalue weighted by Crippen LogP contribution is 2.26. The Morgan fingerprint density at radius 2 is 1.92 bits per heavy atom. The van der Waals surface area contributed by atoms with Gasteiger partial charge in [-0.1, -0.05) is 24.1 Å². The number of piperidine rings is 1. The first kappa shape index (κ1) is 16.8. The molecule has 2 heterocycles. The lowest BCUT2D eigenvalue weighted by Gasteiger charge is -2.26. The van der Waals surface area contributed by atoms with Crippen molar-refractivity contribution in [2.75, 3.05) is 42.5 Å². The largest absolute Gasteiger partial charge is 0.393 e. The molecule has 0 aliphatic carbocycles. The Morgan fingerprint density at radius 1 is 1.12 bits per heavy atom. The van der Waals surface area contributed by atoms with E-state index < -0.39 is 0 Å². The SMILES string of the molecule is Nc1c(NCCN2CCCCC2)ncnc1Nc1cccc(Cl)c1. The summed E-state index contributed by atoms with van der Waals surface area (Å²) in [6.07, 6.45) is 5.44. The number of anilines is 4. The summed E-state index contributed by atoms with van der Waals surface area (Å²) in [6.45, 7) is 4.18. The summed E-state index contributed by atoms with van der Waals surface area (Å²) in [6, 6.07) is 7.44. The number of nitrogens with two attached hydrogens (primary N) is 1. The minimum atomic E-state index is 0.510. The molecule has 0 saturated carbocycles. The number of hydrogen-bond acceptors (Lipinski definition) is 6. The number of rotatable bonds is 6. The molecule has 3 rings (SSSR count). The van der Waals surface area contributed by atoms with Crippen molar-refractivity contribution < 1.29 is 0 Å². The number of likely N-dealkylation sites (tertiary alicyclic amines) is 1. The average molecular weight is 347 g/mol. The van der Waals surface area contributed by atoms with Gasteiger partial charge in [-0.25, -0.2) is 9.97 Å². The Balaban J connectivity index is 1.60. The summed E-state index contributed by atoms with van der Waals surface area (Å²) in [4.78, 5) is 10.9. The minimum absolute atomic E-state index is 0.510. The fourth-order valence-electron chi connectivity index (χ4n) is 2.85. The van der Waals surface area contributed by atoms with E-state index in [0.29, 0.717) is 22.3 Å². The van der Waals surface area contributed by atoms with Crippen LogP contribution in [0.15, 0.2) is 30.6 Å². The monoisotopic (exact) mass is 346 g/mol. The predicted octanol–water partition coefficient (Wildman–Crippen LogP) is 3.35. The maximum atomic E-state index is 6.19. The first-order chi connectivity index (χ1) is 11.7. The number of nitrogen functional groups attached to an aromatic ring is 1. The van der Waals surface area contributed by atoms with Crippen LogP contribution in [0, 0.1) is 0 Å². The molecule has 0 amide bonds. The molecule has 1 aliphatic rings. The molecule has 0 unspecified atom stereocenters. The molecular formula is C17H23ClN6. The van der Waals surface area contributed by atoms with Crippen LogP contribution in [-0.2, 0) is 0 Å². The normalized spacial score (nSPS) is 15.2. The van der Waals surface area contributed by atoms with Crippen molar-refractivity contribution in [3.8, 4) is 0 Å². The summed E-state index contributed by atoms with van der Waals surface area (Å²) in [5.41, 5.74) is 7.54. The molecule has 7 heteroatoms. The van der Waals surface area contributed by atoms with Gasteiger partial charge in [-0.15, -0.1) is 0 Å². The Hall–Kier alpha value is -2.05. The van der Waals surface area contributed by atoms with Gasteiger partial charge in [-0.3, -0.25) is 0 Å². The van der Waals surface area contributed by atoms with Gasteiger partial charge in [0.15, 0.2) is 11.6 Å². The van der Waals surface area contributed by atoms with Crippen LogP contribution in [0.1, 0.15) is 19.3 Å². The van der Waals surface area contributed by atoms with E-state index in [0.717, 1.165) is 18.8 Å². The van der Waals surface area contributed by atoms with Gasteiger partial charge in [0, 0.05) is 23.8 Å². The van der Waals surface area contributed by atoms with Crippen molar-refractivity contribution in [1.29, 1.82) is 0 Å². The zero-order valence-corrected chi connectivity index (χ0v) is 14.4. The van der Waals surface area contributed by atoms with E-state index in [1.165, 1.54) is 38.7 Å². The smallest absolute Gasteiger partial charge is 0.159 e. The molecule has 128 valence electrons. The van der Waals surface area contributed by atoms with Crippen LogP contribution in [0.4, 0.5) is 23.0 Å². The van der Waals surface area contributed by atoms with Gasteiger partial charge in [-0.2, -0.15) is 0 Å². The number of nitrogens with zero attached hydrogens (tertiary/aromatic N) is 3. The van der Waals surface area contributed by atoms with Crippen molar-refractivity contribution >= 4 is 34.6 Å². The maximum Gasteiger partial charge on any atom is 0.159 e. The zero-order chi connectivity index (χ0) is 16.8. The van der Waals surface area contributed by atoms with Crippen LogP contribution in [0.2, 0.25) is 5.02 Å². The predicted molar refractivity (Wildman–Crippen MR) is 100.0 cm³/mol. The molecule has 4 N–H and O–H groups in total. The van der Waals surface area contributed by atoms with Crippen molar-refractivity contribution in [1.82, 2.24) is 14.9 Å². The van der Waals surface area contributed by atoms with Crippen LogP contribution < -0.4 is 16.4 Å². The molecule has 0 spiro atoms. The second-order valence-corrected chi connectivity index (χ2v) is 6.39. The van der Waals surface area contributed by atoms with Crippen molar-refractivity contribution in [2.45, 2.75) is 19.3 Å². The Bertz CT molecular complexity index is 672. The van der Waals surface area contributed by atoms with Gasteiger partial charge in [-0.05, 0) is 44.1 Å². The van der Waals surface area contributed by atoms with E-state index in [2.05, 4.69) is 25.5 Å². The summed E-state index contributed by atoms with van der Waals surface area (Å²) < 4.78 is 0. The van der Waals surface area contributed by atoms with E-state index in [-0.39, 0.29) is 0 Å². The molecule has 2 aromatic rings. The average Bonchev–Trinajstić information content (AvgIpc) is 2.59.